The first-order valence-corrected chi connectivity index (χ1v) is 5.30. The van der Waals surface area contributed by atoms with Gasteiger partial charge in [0, 0.05) is 29.0 Å². The number of hydrogen-bond acceptors (Lipinski definition) is 1. The van der Waals surface area contributed by atoms with Crippen molar-refractivity contribution in [1.82, 2.24) is 0 Å². The Kier molecular flexibility index (Phi) is 4.93. The minimum Gasteiger partial charge on any atom is -0.294 e. The number of carbonyl (C=O) groups excluding carboxylic acids is 1. The van der Waals surface area contributed by atoms with Crippen LogP contribution in [0.15, 0.2) is 18.2 Å². The van der Waals surface area contributed by atoms with Crippen molar-refractivity contribution in [2.45, 2.75) is 19.3 Å². The van der Waals surface area contributed by atoms with E-state index in [0.717, 1.165) is 18.2 Å². The van der Waals surface area contributed by atoms with Gasteiger partial charge in [-0.05, 0) is 6.07 Å². The first-order chi connectivity index (χ1) is 7.97. The zero-order valence-electron chi connectivity index (χ0n) is 8.60. The standard InChI is InChI=1S/C11H9ClF4O/c12-4-3-9(17)6-1-2-7(10(13)14)8(5-6)11(15)16/h1-2,5,10-11H,3-4H2. The average molecular weight is 269 g/mol. The molecule has 6 heteroatoms. The summed E-state index contributed by atoms with van der Waals surface area (Å²) in [7, 11) is 0. The van der Waals surface area contributed by atoms with Crippen LogP contribution in [-0.4, -0.2) is 11.7 Å². The van der Waals surface area contributed by atoms with E-state index in [9.17, 15) is 22.4 Å². The quantitative estimate of drug-likeness (QED) is 0.440. The first kappa shape index (κ1) is 14.0. The molecule has 0 saturated heterocycles. The topological polar surface area (TPSA) is 17.1 Å². The molecule has 0 spiro atoms. The minimum atomic E-state index is -3.04. The molecule has 0 atom stereocenters. The maximum absolute atomic E-state index is 12.5. The lowest BCUT2D eigenvalue weighted by Crippen LogP contribution is -2.03. The summed E-state index contributed by atoms with van der Waals surface area (Å²) in [6.45, 7) is 0. The van der Waals surface area contributed by atoms with Gasteiger partial charge in [-0.2, -0.15) is 0 Å². The van der Waals surface area contributed by atoms with Gasteiger partial charge in [0.15, 0.2) is 5.78 Å². The van der Waals surface area contributed by atoms with E-state index >= 15 is 0 Å². The summed E-state index contributed by atoms with van der Waals surface area (Å²) in [4.78, 5) is 11.4. The minimum absolute atomic E-state index is 0.0156. The van der Waals surface area contributed by atoms with Crippen molar-refractivity contribution in [3.8, 4) is 0 Å². The monoisotopic (exact) mass is 268 g/mol. The molecule has 0 aliphatic rings. The highest BCUT2D eigenvalue weighted by Crippen LogP contribution is 2.31. The predicted molar refractivity (Wildman–Crippen MR) is 56.0 cm³/mol. The van der Waals surface area contributed by atoms with Gasteiger partial charge in [-0.1, -0.05) is 12.1 Å². The molecule has 1 rings (SSSR count). The van der Waals surface area contributed by atoms with E-state index in [-0.39, 0.29) is 17.9 Å². The Morgan fingerprint density at radius 2 is 1.71 bits per heavy atom. The van der Waals surface area contributed by atoms with Gasteiger partial charge in [0.1, 0.15) is 0 Å². The van der Waals surface area contributed by atoms with Crippen LogP contribution in [0.3, 0.4) is 0 Å². The molecular formula is C11H9ClF4O. The van der Waals surface area contributed by atoms with E-state index in [0.29, 0.717) is 0 Å². The number of carbonyl (C=O) groups is 1. The average Bonchev–Trinajstić information content (AvgIpc) is 2.28. The number of ketones is 1. The lowest BCUT2D eigenvalue weighted by atomic mass is 10.0. The van der Waals surface area contributed by atoms with Crippen molar-refractivity contribution in [2.24, 2.45) is 0 Å². The van der Waals surface area contributed by atoms with Gasteiger partial charge in [0.2, 0.25) is 0 Å². The molecule has 0 fully saturated rings. The Morgan fingerprint density at radius 1 is 1.12 bits per heavy atom. The Hall–Kier alpha value is -1.10. The van der Waals surface area contributed by atoms with E-state index in [1.165, 1.54) is 0 Å². The van der Waals surface area contributed by atoms with Crippen molar-refractivity contribution >= 4 is 17.4 Å². The van der Waals surface area contributed by atoms with Gasteiger partial charge in [0.25, 0.3) is 12.9 Å². The zero-order valence-corrected chi connectivity index (χ0v) is 9.35. The SMILES string of the molecule is O=C(CCCl)c1ccc(C(F)F)c(C(F)F)c1. The maximum Gasteiger partial charge on any atom is 0.264 e. The fraction of sp³-hybridized carbons (Fsp3) is 0.364. The fourth-order valence-electron chi connectivity index (χ4n) is 1.37. The number of halogens is 5. The van der Waals surface area contributed by atoms with Crippen LogP contribution in [0, 0.1) is 0 Å². The smallest absolute Gasteiger partial charge is 0.264 e. The molecule has 94 valence electrons. The van der Waals surface area contributed by atoms with Crippen LogP contribution in [-0.2, 0) is 0 Å². The summed E-state index contributed by atoms with van der Waals surface area (Å²) < 4.78 is 50.0. The van der Waals surface area contributed by atoms with Crippen molar-refractivity contribution in [2.75, 3.05) is 5.88 Å². The molecule has 0 saturated carbocycles. The van der Waals surface area contributed by atoms with E-state index in [2.05, 4.69) is 0 Å². The molecule has 1 aromatic carbocycles. The number of rotatable bonds is 5. The van der Waals surface area contributed by atoms with E-state index in [1.807, 2.05) is 0 Å². The van der Waals surface area contributed by atoms with Crippen molar-refractivity contribution in [1.29, 1.82) is 0 Å². The van der Waals surface area contributed by atoms with E-state index in [1.54, 1.807) is 0 Å². The second-order valence-corrected chi connectivity index (χ2v) is 3.69. The molecule has 0 amide bonds. The fourth-order valence-corrected chi connectivity index (χ4v) is 1.54. The first-order valence-electron chi connectivity index (χ1n) is 4.76. The second-order valence-electron chi connectivity index (χ2n) is 3.31. The predicted octanol–water partition coefficient (Wildman–Crippen LogP) is 4.37. The molecule has 0 aromatic heterocycles. The van der Waals surface area contributed by atoms with E-state index < -0.39 is 29.8 Å². The zero-order chi connectivity index (χ0) is 13.0. The largest absolute Gasteiger partial charge is 0.294 e. The summed E-state index contributed by atoms with van der Waals surface area (Å²) in [5.74, 6) is -0.387. The molecule has 1 aromatic rings. The van der Waals surface area contributed by atoms with Crippen LogP contribution in [0.5, 0.6) is 0 Å². The highest BCUT2D eigenvalue weighted by molar-refractivity contribution is 6.19. The lowest BCUT2D eigenvalue weighted by Gasteiger charge is -2.09. The molecule has 0 aliphatic carbocycles. The van der Waals surface area contributed by atoms with Gasteiger partial charge >= 0.3 is 0 Å². The molecule has 0 N–H and O–H groups in total. The number of alkyl halides is 5. The van der Waals surface area contributed by atoms with Crippen LogP contribution in [0.2, 0.25) is 0 Å². The molecule has 0 unspecified atom stereocenters. The molecule has 0 aliphatic heterocycles. The van der Waals surface area contributed by atoms with Crippen LogP contribution in [0.1, 0.15) is 40.8 Å². The lowest BCUT2D eigenvalue weighted by molar-refractivity contribution is 0.0987. The Labute approximate surface area is 100 Å². The third kappa shape index (κ3) is 3.43. The highest BCUT2D eigenvalue weighted by atomic mass is 35.5. The van der Waals surface area contributed by atoms with Gasteiger partial charge in [0.05, 0.1) is 0 Å². The molecule has 0 heterocycles. The van der Waals surface area contributed by atoms with Gasteiger partial charge in [-0.3, -0.25) is 4.79 Å². The third-order valence-electron chi connectivity index (χ3n) is 2.20. The molecule has 0 bridgehead atoms. The molecule has 0 radical (unpaired) electrons. The van der Waals surface area contributed by atoms with Crippen molar-refractivity contribution in [3.63, 3.8) is 0 Å². The van der Waals surface area contributed by atoms with Crippen LogP contribution in [0.25, 0.3) is 0 Å². The third-order valence-corrected chi connectivity index (χ3v) is 2.39. The van der Waals surface area contributed by atoms with Crippen LogP contribution < -0.4 is 0 Å². The van der Waals surface area contributed by atoms with Crippen molar-refractivity contribution < 1.29 is 22.4 Å². The number of benzene rings is 1. The van der Waals surface area contributed by atoms with Gasteiger partial charge < -0.3 is 0 Å². The van der Waals surface area contributed by atoms with Gasteiger partial charge in [-0.25, -0.2) is 17.6 Å². The summed E-state index contributed by atoms with van der Waals surface area (Å²) in [5, 5.41) is 0. The normalized spacial score (nSPS) is 11.2. The molecular weight excluding hydrogens is 260 g/mol. The Bertz CT molecular complexity index is 406. The van der Waals surface area contributed by atoms with Crippen molar-refractivity contribution in [3.05, 3.63) is 34.9 Å². The summed E-state index contributed by atoms with van der Waals surface area (Å²) in [6, 6.07) is 2.77. The molecule has 1 nitrogen and oxygen atoms in total. The summed E-state index contributed by atoms with van der Waals surface area (Å²) >= 11 is 5.34. The van der Waals surface area contributed by atoms with Gasteiger partial charge in [-0.15, -0.1) is 11.6 Å². The summed E-state index contributed by atoms with van der Waals surface area (Å²) in [5.41, 5.74) is -1.58. The van der Waals surface area contributed by atoms with Crippen LogP contribution >= 0.6 is 11.6 Å². The Morgan fingerprint density at radius 3 is 2.18 bits per heavy atom. The number of Topliss-reactive ketones (excluding diaryl/α,β-unsaturated/α-hetero) is 1. The number of hydrogen-bond donors (Lipinski definition) is 0. The maximum atomic E-state index is 12.5. The highest BCUT2D eigenvalue weighted by Gasteiger charge is 2.21. The summed E-state index contributed by atoms with van der Waals surface area (Å²) in [6.07, 6.45) is -6.04. The van der Waals surface area contributed by atoms with E-state index in [4.69, 9.17) is 11.6 Å². The molecule has 17 heavy (non-hydrogen) atoms. The second kappa shape index (κ2) is 6.00. The van der Waals surface area contributed by atoms with Crippen LogP contribution in [0.4, 0.5) is 17.6 Å². The Balaban J connectivity index is 3.14.